The van der Waals surface area contributed by atoms with E-state index in [0.29, 0.717) is 10.8 Å². The second-order valence-corrected chi connectivity index (χ2v) is 12.3. The van der Waals surface area contributed by atoms with Gasteiger partial charge in [-0.25, -0.2) is 9.98 Å². The highest BCUT2D eigenvalue weighted by atomic mass is 32.2. The molecule has 166 valence electrons. The summed E-state index contributed by atoms with van der Waals surface area (Å²) in [4.78, 5) is 10.6. The molecule has 4 aromatic rings. The zero-order chi connectivity index (χ0) is 23.4. The zero-order valence-electron chi connectivity index (χ0n) is 18.7. The molecule has 5 heteroatoms. The van der Waals surface area contributed by atoms with Crippen LogP contribution in [0.2, 0.25) is 0 Å². The molecule has 0 aromatic heterocycles. The molecule has 0 radical (unpaired) electrons. The quantitative estimate of drug-likeness (QED) is 0.269. The number of rotatable bonds is 4. The maximum Gasteiger partial charge on any atom is 0.162 e. The van der Waals surface area contributed by atoms with E-state index in [-0.39, 0.29) is 0 Å². The molecule has 5 rings (SSSR count). The molecule has 1 aliphatic rings. The van der Waals surface area contributed by atoms with Gasteiger partial charge >= 0.3 is 0 Å². The van der Waals surface area contributed by atoms with E-state index in [4.69, 9.17) is 22.2 Å². The SMILES string of the molecule is CSC1=NC(c2ccccc2)=NC(=S)C1=P(c1ccccc1)(c1ccccc1)c1ccccc1. The molecule has 2 nitrogen and oxygen atoms in total. The third kappa shape index (κ3) is 4.03. The van der Waals surface area contributed by atoms with Crippen molar-refractivity contribution in [2.24, 2.45) is 9.98 Å². The number of thioether (sulfide) groups is 1. The Hall–Kier alpha value is -3.04. The Labute approximate surface area is 210 Å². The van der Waals surface area contributed by atoms with Gasteiger partial charge in [0.1, 0.15) is 10.0 Å². The Kier molecular flexibility index (Phi) is 6.73. The number of nitrogens with zero attached hydrogens (tertiary/aromatic N) is 2. The van der Waals surface area contributed by atoms with Crippen LogP contribution in [0.1, 0.15) is 5.56 Å². The van der Waals surface area contributed by atoms with Crippen molar-refractivity contribution < 1.29 is 0 Å². The average molecular weight is 495 g/mol. The van der Waals surface area contributed by atoms with Crippen LogP contribution in [0.25, 0.3) is 0 Å². The third-order valence-electron chi connectivity index (χ3n) is 5.81. The number of benzene rings is 4. The Morgan fingerprint density at radius 3 is 1.41 bits per heavy atom. The van der Waals surface area contributed by atoms with Crippen molar-refractivity contribution in [2.45, 2.75) is 0 Å². The standard InChI is InChI=1S/C29H23N2PS2/c1-34-29-26(28(33)30-27(31-29)22-14-6-2-7-15-22)32(23-16-8-3-9-17-23,24-18-10-4-11-19-24)25-20-12-5-13-21-25/h2-21H,1H3. The van der Waals surface area contributed by atoms with E-state index >= 15 is 0 Å². The van der Waals surface area contributed by atoms with Crippen LogP contribution >= 0.6 is 30.9 Å². The maximum absolute atomic E-state index is 6.10. The Balaban J connectivity index is 1.93. The van der Waals surface area contributed by atoms with Gasteiger partial charge in [0.05, 0.1) is 5.29 Å². The van der Waals surface area contributed by atoms with Crippen molar-refractivity contribution in [1.82, 2.24) is 0 Å². The summed E-state index contributed by atoms with van der Waals surface area (Å²) in [5.74, 6) is 0.672. The van der Waals surface area contributed by atoms with E-state index < -0.39 is 6.89 Å². The van der Waals surface area contributed by atoms with Crippen LogP contribution in [-0.2, 0) is 0 Å². The van der Waals surface area contributed by atoms with Crippen molar-refractivity contribution in [2.75, 3.05) is 6.26 Å². The average Bonchev–Trinajstić information content (AvgIpc) is 2.92. The van der Waals surface area contributed by atoms with Crippen LogP contribution in [-0.4, -0.2) is 27.4 Å². The zero-order valence-corrected chi connectivity index (χ0v) is 21.2. The number of aliphatic imine (C=N–C) groups is 2. The summed E-state index contributed by atoms with van der Waals surface area (Å²) in [7, 11) is 0. The summed E-state index contributed by atoms with van der Waals surface area (Å²) in [5.41, 5.74) is 0.971. The molecular weight excluding hydrogens is 471 g/mol. The van der Waals surface area contributed by atoms with Crippen molar-refractivity contribution >= 4 is 67.9 Å². The van der Waals surface area contributed by atoms with Crippen molar-refractivity contribution in [1.29, 1.82) is 0 Å². The minimum atomic E-state index is -2.36. The highest BCUT2D eigenvalue weighted by molar-refractivity contribution is 8.18. The van der Waals surface area contributed by atoms with Crippen LogP contribution in [0.4, 0.5) is 0 Å². The van der Waals surface area contributed by atoms with Crippen LogP contribution in [0.15, 0.2) is 131 Å². The maximum atomic E-state index is 6.10. The molecule has 1 heterocycles. The first-order valence-corrected chi connectivity index (χ1v) is 14.4. The van der Waals surface area contributed by atoms with Gasteiger partial charge in [0.25, 0.3) is 0 Å². The van der Waals surface area contributed by atoms with E-state index in [9.17, 15) is 0 Å². The van der Waals surface area contributed by atoms with Gasteiger partial charge < -0.3 is 0 Å². The van der Waals surface area contributed by atoms with Crippen molar-refractivity contribution in [3.05, 3.63) is 127 Å². The summed E-state index contributed by atoms with van der Waals surface area (Å²) in [6, 6.07) is 42.2. The van der Waals surface area contributed by atoms with E-state index in [1.54, 1.807) is 11.8 Å². The molecule has 0 spiro atoms. The molecule has 0 N–H and O–H groups in total. The number of amidine groups is 1. The summed E-state index contributed by atoms with van der Waals surface area (Å²) in [5, 5.41) is 5.71. The first-order valence-electron chi connectivity index (χ1n) is 11.0. The van der Waals surface area contributed by atoms with Crippen molar-refractivity contribution in [3.8, 4) is 0 Å². The first kappa shape index (κ1) is 22.7. The summed E-state index contributed by atoms with van der Waals surface area (Å²) in [6.07, 6.45) is 2.07. The number of hydrogen-bond acceptors (Lipinski definition) is 3. The summed E-state index contributed by atoms with van der Waals surface area (Å²) < 4.78 is 0. The Bertz CT molecular complexity index is 1330. The van der Waals surface area contributed by atoms with E-state index in [1.165, 1.54) is 15.9 Å². The predicted octanol–water partition coefficient (Wildman–Crippen LogP) is 5.70. The largest absolute Gasteiger partial charge is 0.221 e. The number of hydrogen-bond donors (Lipinski definition) is 0. The fraction of sp³-hybridized carbons (Fsp3) is 0.0345. The number of thiocarbonyl (C=S) groups is 1. The normalized spacial score (nSPS) is 13.9. The van der Waals surface area contributed by atoms with Crippen molar-refractivity contribution in [3.63, 3.8) is 0 Å². The van der Waals surface area contributed by atoms with Gasteiger partial charge in [-0.3, -0.25) is 0 Å². The third-order valence-corrected chi connectivity index (χ3v) is 11.4. The molecule has 1 aliphatic heterocycles. The Morgan fingerprint density at radius 2 is 1.00 bits per heavy atom. The topological polar surface area (TPSA) is 24.7 Å². The minimum absolute atomic E-state index is 0.614. The van der Waals surface area contributed by atoms with Crippen LogP contribution in [0.5, 0.6) is 0 Å². The van der Waals surface area contributed by atoms with E-state index in [1.807, 2.05) is 30.3 Å². The van der Waals surface area contributed by atoms with Gasteiger partial charge in [0, 0.05) is 5.56 Å². The van der Waals surface area contributed by atoms with Crippen LogP contribution < -0.4 is 15.9 Å². The molecule has 4 aromatic carbocycles. The second kappa shape index (κ2) is 10.1. The molecule has 0 aliphatic carbocycles. The van der Waals surface area contributed by atoms with E-state index in [0.717, 1.165) is 15.9 Å². The lowest BCUT2D eigenvalue weighted by Gasteiger charge is -2.33. The molecule has 34 heavy (non-hydrogen) atoms. The molecule has 0 atom stereocenters. The fourth-order valence-electron chi connectivity index (χ4n) is 4.35. The van der Waals surface area contributed by atoms with Crippen LogP contribution in [0, 0.1) is 0 Å². The first-order chi connectivity index (χ1) is 16.7. The molecular formula is C29H23N2PS2. The van der Waals surface area contributed by atoms with E-state index in [2.05, 4.69) is 97.3 Å². The summed E-state index contributed by atoms with van der Waals surface area (Å²) >= 11 is 7.74. The minimum Gasteiger partial charge on any atom is -0.221 e. The molecule has 0 saturated carbocycles. The highest BCUT2D eigenvalue weighted by Gasteiger charge is 2.35. The molecule has 0 bridgehead atoms. The van der Waals surface area contributed by atoms with Gasteiger partial charge in [-0.2, -0.15) is 0 Å². The van der Waals surface area contributed by atoms with Gasteiger partial charge in [0.2, 0.25) is 0 Å². The van der Waals surface area contributed by atoms with Gasteiger partial charge in [-0.15, -0.1) is 11.8 Å². The highest BCUT2D eigenvalue weighted by Crippen LogP contribution is 2.48. The lowest BCUT2D eigenvalue weighted by atomic mass is 10.2. The molecule has 0 fully saturated rings. The summed E-state index contributed by atoms with van der Waals surface area (Å²) in [6.45, 7) is -2.36. The second-order valence-electron chi connectivity index (χ2n) is 7.75. The van der Waals surface area contributed by atoms with Gasteiger partial charge in [-0.05, 0) is 29.1 Å². The van der Waals surface area contributed by atoms with Gasteiger partial charge in [0.15, 0.2) is 5.84 Å². The smallest absolute Gasteiger partial charge is 0.162 e. The Morgan fingerprint density at radius 1 is 0.588 bits per heavy atom. The monoisotopic (exact) mass is 494 g/mol. The fourth-order valence-corrected chi connectivity index (χ4v) is 10.4. The van der Waals surface area contributed by atoms with Crippen LogP contribution in [0.3, 0.4) is 0 Å². The predicted molar refractivity (Wildman–Crippen MR) is 157 cm³/mol. The lowest BCUT2D eigenvalue weighted by Crippen LogP contribution is -2.37. The molecule has 0 unspecified atom stereocenters. The lowest BCUT2D eigenvalue weighted by molar-refractivity contribution is 1.53. The molecule has 0 amide bonds. The van der Waals surface area contributed by atoms with Gasteiger partial charge in [-0.1, -0.05) is 134 Å². The molecule has 0 saturated heterocycles.